The summed E-state index contributed by atoms with van der Waals surface area (Å²) in [6.07, 6.45) is -3.49. The fourth-order valence-corrected chi connectivity index (χ4v) is 4.63. The van der Waals surface area contributed by atoms with Gasteiger partial charge in [0.1, 0.15) is 0 Å². The molecule has 1 aromatic carbocycles. The van der Waals surface area contributed by atoms with E-state index in [1.807, 2.05) is 6.07 Å². The summed E-state index contributed by atoms with van der Waals surface area (Å²) in [6.45, 7) is 1.63. The lowest BCUT2D eigenvalue weighted by Gasteiger charge is -2.42. The van der Waals surface area contributed by atoms with Crippen LogP contribution in [-0.4, -0.2) is 34.4 Å². The molecule has 6 nitrogen and oxygen atoms in total. The van der Waals surface area contributed by atoms with E-state index in [9.17, 15) is 27.6 Å². The number of alkyl halides is 3. The molecule has 0 unspecified atom stereocenters. The summed E-state index contributed by atoms with van der Waals surface area (Å²) in [5.41, 5.74) is 0.510. The summed E-state index contributed by atoms with van der Waals surface area (Å²) in [4.78, 5) is 38.7. The van der Waals surface area contributed by atoms with Crippen LogP contribution in [0.25, 0.3) is 0 Å². The molecule has 2 aliphatic rings. The number of benzene rings is 1. The number of nitrogens with zero attached hydrogens (tertiary/aromatic N) is 2. The molecule has 1 aromatic heterocycles. The van der Waals surface area contributed by atoms with Crippen LogP contribution in [0.15, 0.2) is 47.3 Å². The normalized spacial score (nSPS) is 19.9. The first kappa shape index (κ1) is 22.1. The van der Waals surface area contributed by atoms with E-state index in [4.69, 9.17) is 0 Å². The van der Waals surface area contributed by atoms with Gasteiger partial charge in [-0.2, -0.15) is 13.2 Å². The van der Waals surface area contributed by atoms with Gasteiger partial charge in [0.15, 0.2) is 0 Å². The highest BCUT2D eigenvalue weighted by molar-refractivity contribution is 5.83. The highest BCUT2D eigenvalue weighted by Gasteiger charge is 2.36. The summed E-state index contributed by atoms with van der Waals surface area (Å²) >= 11 is 0. The summed E-state index contributed by atoms with van der Waals surface area (Å²) in [5.74, 6) is -0.194. The van der Waals surface area contributed by atoms with Crippen LogP contribution in [0, 0.1) is 5.92 Å². The number of aromatic nitrogens is 1. The van der Waals surface area contributed by atoms with Crippen molar-refractivity contribution in [1.82, 2.24) is 14.8 Å². The highest BCUT2D eigenvalue weighted by atomic mass is 19.4. The van der Waals surface area contributed by atoms with Crippen LogP contribution in [0.2, 0.25) is 0 Å². The SMILES string of the molecule is O=C(CCC(=O)N1C[C@@H]2C[C@@H](C1)c1cccc(=O)n1C2)NCc1cccc(C(F)(F)F)c1. The minimum absolute atomic E-state index is 0.0191. The van der Waals surface area contributed by atoms with Gasteiger partial charge in [-0.05, 0) is 36.1 Å². The number of piperidine rings is 1. The fraction of sp³-hybridized carbons (Fsp3) is 0.435. The molecule has 9 heteroatoms. The lowest BCUT2D eigenvalue weighted by atomic mass is 9.83. The summed E-state index contributed by atoms with van der Waals surface area (Å²) in [5, 5.41) is 2.58. The molecule has 2 aliphatic heterocycles. The first-order valence-electron chi connectivity index (χ1n) is 10.6. The lowest BCUT2D eigenvalue weighted by molar-refractivity contribution is -0.137. The van der Waals surface area contributed by atoms with Crippen LogP contribution in [-0.2, 0) is 28.9 Å². The second-order valence-corrected chi connectivity index (χ2v) is 8.47. The van der Waals surface area contributed by atoms with Crippen LogP contribution in [0.3, 0.4) is 0 Å². The second kappa shape index (κ2) is 8.80. The molecule has 2 amide bonds. The molecule has 1 saturated heterocycles. The number of hydrogen-bond donors (Lipinski definition) is 1. The number of hydrogen-bond acceptors (Lipinski definition) is 3. The standard InChI is InChI=1S/C23H24F3N3O3/c24-23(25,26)18-4-1-3-15(10-18)11-27-20(30)7-8-21(31)28-12-16-9-17(14-28)19-5-2-6-22(32)29(19)13-16/h1-6,10,16-17H,7-9,11-14H2,(H,27,30)/t16-,17-/m0/s1. The molecule has 2 aromatic rings. The predicted molar refractivity (Wildman–Crippen MR) is 111 cm³/mol. The largest absolute Gasteiger partial charge is 0.416 e. The summed E-state index contributed by atoms with van der Waals surface area (Å²) < 4.78 is 40.2. The Labute approximate surface area is 183 Å². The second-order valence-electron chi connectivity index (χ2n) is 8.47. The average molecular weight is 447 g/mol. The van der Waals surface area contributed by atoms with Crippen LogP contribution in [0.4, 0.5) is 13.2 Å². The van der Waals surface area contributed by atoms with E-state index in [2.05, 4.69) is 5.32 Å². The van der Waals surface area contributed by atoms with E-state index >= 15 is 0 Å². The fourth-order valence-electron chi connectivity index (χ4n) is 4.63. The van der Waals surface area contributed by atoms with Crippen molar-refractivity contribution >= 4 is 11.8 Å². The highest BCUT2D eigenvalue weighted by Crippen LogP contribution is 2.35. The van der Waals surface area contributed by atoms with Gasteiger partial charge in [0, 0.05) is 56.7 Å². The average Bonchev–Trinajstić information content (AvgIpc) is 2.76. The van der Waals surface area contributed by atoms with E-state index in [-0.39, 0.29) is 48.6 Å². The molecule has 0 radical (unpaired) electrons. The third kappa shape index (κ3) is 4.87. The van der Waals surface area contributed by atoms with Gasteiger partial charge in [-0.3, -0.25) is 14.4 Å². The molecule has 1 fully saturated rings. The van der Waals surface area contributed by atoms with Gasteiger partial charge in [0.05, 0.1) is 5.56 Å². The van der Waals surface area contributed by atoms with Gasteiger partial charge in [-0.1, -0.05) is 18.2 Å². The van der Waals surface area contributed by atoms with E-state index in [0.717, 1.165) is 24.2 Å². The number of fused-ring (bicyclic) bond motifs is 4. The Kier molecular flexibility index (Phi) is 6.08. The molecule has 170 valence electrons. The Morgan fingerprint density at radius 2 is 1.81 bits per heavy atom. The van der Waals surface area contributed by atoms with Crippen LogP contribution < -0.4 is 10.9 Å². The zero-order chi connectivity index (χ0) is 22.9. The van der Waals surface area contributed by atoms with Crippen molar-refractivity contribution in [2.45, 2.75) is 44.4 Å². The molecule has 32 heavy (non-hydrogen) atoms. The Hall–Kier alpha value is -3.10. The maximum absolute atomic E-state index is 12.8. The van der Waals surface area contributed by atoms with Gasteiger partial charge < -0.3 is 14.8 Å². The topological polar surface area (TPSA) is 71.4 Å². The Morgan fingerprint density at radius 1 is 1.03 bits per heavy atom. The van der Waals surface area contributed by atoms with Crippen molar-refractivity contribution in [2.24, 2.45) is 5.92 Å². The van der Waals surface area contributed by atoms with E-state index < -0.39 is 11.7 Å². The minimum Gasteiger partial charge on any atom is -0.352 e. The number of rotatable bonds is 5. The number of amides is 2. The van der Waals surface area contributed by atoms with Crippen molar-refractivity contribution in [1.29, 1.82) is 0 Å². The van der Waals surface area contributed by atoms with Gasteiger partial charge in [0.2, 0.25) is 11.8 Å². The molecule has 4 rings (SSSR count). The van der Waals surface area contributed by atoms with Crippen LogP contribution in [0.5, 0.6) is 0 Å². The maximum atomic E-state index is 12.8. The van der Waals surface area contributed by atoms with Crippen molar-refractivity contribution in [3.8, 4) is 0 Å². The first-order valence-corrected chi connectivity index (χ1v) is 10.6. The molecular formula is C23H24F3N3O3. The third-order valence-electron chi connectivity index (χ3n) is 6.14. The predicted octanol–water partition coefficient (Wildman–Crippen LogP) is 2.91. The molecule has 0 saturated carbocycles. The third-order valence-corrected chi connectivity index (χ3v) is 6.14. The Balaban J connectivity index is 1.28. The van der Waals surface area contributed by atoms with E-state index in [1.54, 1.807) is 21.6 Å². The van der Waals surface area contributed by atoms with Crippen molar-refractivity contribution < 1.29 is 22.8 Å². The number of likely N-dealkylation sites (tertiary alicyclic amines) is 1. The van der Waals surface area contributed by atoms with Gasteiger partial charge in [0.25, 0.3) is 5.56 Å². The van der Waals surface area contributed by atoms with Crippen LogP contribution in [0.1, 0.15) is 42.0 Å². The quantitative estimate of drug-likeness (QED) is 0.766. The lowest BCUT2D eigenvalue weighted by Crippen LogP contribution is -2.49. The Morgan fingerprint density at radius 3 is 2.59 bits per heavy atom. The smallest absolute Gasteiger partial charge is 0.352 e. The van der Waals surface area contributed by atoms with Gasteiger partial charge >= 0.3 is 6.18 Å². The molecular weight excluding hydrogens is 423 g/mol. The monoisotopic (exact) mass is 447 g/mol. The maximum Gasteiger partial charge on any atom is 0.416 e. The number of carbonyl (C=O) groups is 2. The molecule has 0 spiro atoms. The van der Waals surface area contributed by atoms with E-state index in [0.29, 0.717) is 25.2 Å². The molecule has 1 N–H and O–H groups in total. The minimum atomic E-state index is -4.44. The Bertz CT molecular complexity index is 1080. The summed E-state index contributed by atoms with van der Waals surface area (Å²) in [6, 6.07) is 10.0. The zero-order valence-corrected chi connectivity index (χ0v) is 17.4. The van der Waals surface area contributed by atoms with Crippen molar-refractivity contribution in [3.63, 3.8) is 0 Å². The molecule has 2 bridgehead atoms. The number of carbonyl (C=O) groups excluding carboxylic acids is 2. The number of pyridine rings is 1. The van der Waals surface area contributed by atoms with Gasteiger partial charge in [-0.15, -0.1) is 0 Å². The summed E-state index contributed by atoms with van der Waals surface area (Å²) in [7, 11) is 0. The van der Waals surface area contributed by atoms with Crippen molar-refractivity contribution in [3.05, 3.63) is 69.6 Å². The molecule has 3 heterocycles. The number of halogens is 3. The van der Waals surface area contributed by atoms with Crippen LogP contribution >= 0.6 is 0 Å². The zero-order valence-electron chi connectivity index (χ0n) is 17.4. The molecule has 0 aliphatic carbocycles. The van der Waals surface area contributed by atoms with Gasteiger partial charge in [-0.25, -0.2) is 0 Å². The van der Waals surface area contributed by atoms with Crippen molar-refractivity contribution in [2.75, 3.05) is 13.1 Å². The van der Waals surface area contributed by atoms with E-state index in [1.165, 1.54) is 12.1 Å². The first-order chi connectivity index (χ1) is 15.2. The number of nitrogens with one attached hydrogen (secondary N) is 1. The molecule has 2 atom stereocenters.